The largest absolute Gasteiger partial charge is 0.393 e. The summed E-state index contributed by atoms with van der Waals surface area (Å²) in [6.07, 6.45) is 16.6. The van der Waals surface area contributed by atoms with Gasteiger partial charge >= 0.3 is 0 Å². The Labute approximate surface area is 183 Å². The van der Waals surface area contributed by atoms with Crippen molar-refractivity contribution in [2.24, 2.45) is 46.3 Å². The number of hydrogen-bond donors (Lipinski definition) is 1. The van der Waals surface area contributed by atoms with E-state index in [0.29, 0.717) is 22.8 Å². The summed E-state index contributed by atoms with van der Waals surface area (Å²) >= 11 is 0. The van der Waals surface area contributed by atoms with Crippen LogP contribution in [0.1, 0.15) is 97.9 Å². The fourth-order valence-electron chi connectivity index (χ4n) is 9.51. The molecule has 10 atom stereocenters. The first-order valence-electron chi connectivity index (χ1n) is 12.9. The van der Waals surface area contributed by atoms with Gasteiger partial charge in [-0.3, -0.25) is 0 Å². The smallest absolute Gasteiger partial charge is 0.0693 e. The van der Waals surface area contributed by atoms with Crippen LogP contribution >= 0.6 is 0 Å². The van der Waals surface area contributed by atoms with Crippen LogP contribution in [-0.4, -0.2) is 26.2 Å². The Balaban J connectivity index is 1.52. The molecule has 4 heteroatoms. The fraction of sp³-hybridized carbons (Fsp3) is 0.923. The van der Waals surface area contributed by atoms with Crippen LogP contribution in [0, 0.1) is 46.3 Å². The third-order valence-corrected chi connectivity index (χ3v) is 10.9. The van der Waals surface area contributed by atoms with E-state index in [1.807, 2.05) is 6.20 Å². The van der Waals surface area contributed by atoms with Crippen LogP contribution in [0.25, 0.3) is 0 Å². The first kappa shape index (κ1) is 21.0. The van der Waals surface area contributed by atoms with Gasteiger partial charge in [-0.15, -0.1) is 5.10 Å². The maximum absolute atomic E-state index is 10.5. The quantitative estimate of drug-likeness (QED) is 0.670. The van der Waals surface area contributed by atoms with E-state index in [2.05, 4.69) is 48.9 Å². The maximum atomic E-state index is 10.5. The zero-order valence-electron chi connectivity index (χ0n) is 19.6. The minimum Gasteiger partial charge on any atom is -0.393 e. The summed E-state index contributed by atoms with van der Waals surface area (Å²) in [4.78, 5) is 0. The van der Waals surface area contributed by atoms with Crippen molar-refractivity contribution in [1.82, 2.24) is 15.0 Å². The molecule has 5 rings (SSSR count). The molecular formula is C26H43N3O. The van der Waals surface area contributed by atoms with Crippen LogP contribution in [0.4, 0.5) is 0 Å². The number of aliphatic hydroxyl groups is 1. The number of fused-ring (bicyclic) bond motifs is 5. The molecule has 168 valence electrons. The SMILES string of the molecule is CCC[C@@H](C)[C@H]1CC[C@H]2[C@@H]3[C@@H](n4ccnn4)C[C@@H]4C[C@H](O)CC[C@]4(C)[C@H]3CC[C@]12C. The third kappa shape index (κ3) is 3.03. The van der Waals surface area contributed by atoms with Crippen LogP contribution in [0.5, 0.6) is 0 Å². The first-order chi connectivity index (χ1) is 14.4. The van der Waals surface area contributed by atoms with Crippen molar-refractivity contribution >= 4 is 0 Å². The van der Waals surface area contributed by atoms with Crippen molar-refractivity contribution < 1.29 is 5.11 Å². The zero-order valence-corrected chi connectivity index (χ0v) is 19.6. The van der Waals surface area contributed by atoms with Crippen molar-refractivity contribution in [2.45, 2.75) is 104 Å². The monoisotopic (exact) mass is 413 g/mol. The predicted molar refractivity (Wildman–Crippen MR) is 120 cm³/mol. The van der Waals surface area contributed by atoms with Gasteiger partial charge in [0.15, 0.2) is 0 Å². The van der Waals surface area contributed by atoms with Gasteiger partial charge in [-0.1, -0.05) is 45.7 Å². The predicted octanol–water partition coefficient (Wildman–Crippen LogP) is 5.89. The molecule has 0 unspecified atom stereocenters. The Morgan fingerprint density at radius 2 is 1.83 bits per heavy atom. The highest BCUT2D eigenvalue weighted by molar-refractivity contribution is 5.12. The number of nitrogens with zero attached hydrogens (tertiary/aromatic N) is 3. The molecule has 1 aromatic rings. The third-order valence-electron chi connectivity index (χ3n) is 10.9. The van der Waals surface area contributed by atoms with Gasteiger partial charge in [0.2, 0.25) is 0 Å². The van der Waals surface area contributed by atoms with Crippen LogP contribution < -0.4 is 0 Å². The highest BCUT2D eigenvalue weighted by Crippen LogP contribution is 2.70. The molecule has 0 aromatic carbocycles. The highest BCUT2D eigenvalue weighted by atomic mass is 16.3. The number of rotatable bonds is 4. The van der Waals surface area contributed by atoms with Crippen LogP contribution in [0.15, 0.2) is 12.4 Å². The topological polar surface area (TPSA) is 50.9 Å². The fourth-order valence-corrected chi connectivity index (χ4v) is 9.51. The Kier molecular flexibility index (Phi) is 5.31. The molecule has 0 spiro atoms. The van der Waals surface area contributed by atoms with Gasteiger partial charge in [0, 0.05) is 6.20 Å². The minimum absolute atomic E-state index is 0.101. The highest BCUT2D eigenvalue weighted by Gasteiger charge is 2.63. The summed E-state index contributed by atoms with van der Waals surface area (Å²) < 4.78 is 2.22. The van der Waals surface area contributed by atoms with Gasteiger partial charge in [0.05, 0.1) is 18.3 Å². The standard InChI is InChI=1S/C26H43N3O/c1-5-6-17(2)20-7-8-21-24-22(10-12-26(20,21)4)25(3)11-9-19(30)15-18(25)16-23(24)29-14-13-27-28-29/h13-14,17-24,30H,5-12,15-16H2,1-4H3/t17-,18+,19-,20-,21+,22+,23+,24+,25+,26-/m1/s1. The average Bonchev–Trinajstić information content (AvgIpc) is 3.36. The first-order valence-corrected chi connectivity index (χ1v) is 12.9. The molecule has 0 bridgehead atoms. The van der Waals surface area contributed by atoms with E-state index in [1.165, 1.54) is 51.4 Å². The summed E-state index contributed by atoms with van der Waals surface area (Å²) in [6.45, 7) is 10.1. The lowest BCUT2D eigenvalue weighted by molar-refractivity contribution is -0.151. The van der Waals surface area contributed by atoms with Crippen molar-refractivity contribution in [3.05, 3.63) is 12.4 Å². The van der Waals surface area contributed by atoms with Gasteiger partial charge in [0.25, 0.3) is 0 Å². The van der Waals surface area contributed by atoms with Crippen LogP contribution in [0.3, 0.4) is 0 Å². The van der Waals surface area contributed by atoms with E-state index in [9.17, 15) is 5.11 Å². The summed E-state index contributed by atoms with van der Waals surface area (Å²) in [5.74, 6) is 4.68. The van der Waals surface area contributed by atoms with Crippen LogP contribution in [-0.2, 0) is 0 Å². The number of aromatic nitrogens is 3. The van der Waals surface area contributed by atoms with Gasteiger partial charge in [0.1, 0.15) is 0 Å². The molecule has 0 saturated heterocycles. The van der Waals surface area contributed by atoms with Gasteiger partial charge in [-0.25, -0.2) is 4.68 Å². The van der Waals surface area contributed by atoms with Crippen molar-refractivity contribution in [3.63, 3.8) is 0 Å². The molecule has 4 fully saturated rings. The van der Waals surface area contributed by atoms with E-state index in [0.717, 1.165) is 42.4 Å². The number of hydrogen-bond acceptors (Lipinski definition) is 3. The van der Waals surface area contributed by atoms with Crippen molar-refractivity contribution in [2.75, 3.05) is 0 Å². The molecule has 4 nitrogen and oxygen atoms in total. The van der Waals surface area contributed by atoms with Gasteiger partial charge < -0.3 is 5.11 Å². The molecule has 4 aliphatic carbocycles. The molecular weight excluding hydrogens is 370 g/mol. The van der Waals surface area contributed by atoms with Gasteiger partial charge in [-0.2, -0.15) is 0 Å². The van der Waals surface area contributed by atoms with E-state index >= 15 is 0 Å². The Hall–Kier alpha value is -0.900. The second-order valence-electron chi connectivity index (χ2n) is 12.1. The van der Waals surface area contributed by atoms with Crippen LogP contribution in [0.2, 0.25) is 0 Å². The Bertz CT molecular complexity index is 735. The molecule has 1 heterocycles. The maximum Gasteiger partial charge on any atom is 0.0693 e. The summed E-state index contributed by atoms with van der Waals surface area (Å²) in [6, 6.07) is 0.464. The Morgan fingerprint density at radius 1 is 1.07 bits per heavy atom. The average molecular weight is 414 g/mol. The lowest BCUT2D eigenvalue weighted by atomic mass is 9.43. The summed E-state index contributed by atoms with van der Waals surface area (Å²) in [5, 5.41) is 19.2. The second kappa shape index (κ2) is 7.60. The van der Waals surface area contributed by atoms with E-state index < -0.39 is 0 Å². The van der Waals surface area contributed by atoms with Crippen molar-refractivity contribution in [1.29, 1.82) is 0 Å². The lowest BCUT2D eigenvalue weighted by Crippen LogP contribution is -2.57. The second-order valence-corrected chi connectivity index (χ2v) is 12.1. The Morgan fingerprint density at radius 3 is 2.57 bits per heavy atom. The molecule has 30 heavy (non-hydrogen) atoms. The molecule has 4 saturated carbocycles. The molecule has 0 radical (unpaired) electrons. The van der Waals surface area contributed by atoms with E-state index in [1.54, 1.807) is 0 Å². The van der Waals surface area contributed by atoms with Crippen molar-refractivity contribution in [3.8, 4) is 0 Å². The molecule has 0 amide bonds. The van der Waals surface area contributed by atoms with E-state index in [-0.39, 0.29) is 6.10 Å². The molecule has 4 aliphatic rings. The lowest BCUT2D eigenvalue weighted by Gasteiger charge is -2.63. The molecule has 1 N–H and O–H groups in total. The summed E-state index contributed by atoms with van der Waals surface area (Å²) in [5.41, 5.74) is 0.890. The van der Waals surface area contributed by atoms with Gasteiger partial charge in [-0.05, 0) is 97.7 Å². The normalized spacial score (nSPS) is 49.2. The zero-order chi connectivity index (χ0) is 21.1. The van der Waals surface area contributed by atoms with E-state index in [4.69, 9.17) is 0 Å². The molecule has 1 aromatic heterocycles. The number of aliphatic hydroxyl groups excluding tert-OH is 1. The summed E-state index contributed by atoms with van der Waals surface area (Å²) in [7, 11) is 0. The molecule has 0 aliphatic heterocycles. The minimum atomic E-state index is -0.101.